The van der Waals surface area contributed by atoms with Gasteiger partial charge in [-0.05, 0) is 5.56 Å². The van der Waals surface area contributed by atoms with Crippen molar-refractivity contribution in [3.8, 4) is 0 Å². The van der Waals surface area contributed by atoms with E-state index in [1.807, 2.05) is 30.3 Å². The van der Waals surface area contributed by atoms with Crippen LogP contribution in [0.3, 0.4) is 0 Å². The van der Waals surface area contributed by atoms with Crippen molar-refractivity contribution >= 4 is 5.97 Å². The Bertz CT molecular complexity index is 636. The predicted octanol–water partition coefficient (Wildman–Crippen LogP) is 2.87. The molecule has 2 aromatic rings. The van der Waals surface area contributed by atoms with E-state index in [4.69, 9.17) is 9.84 Å². The Morgan fingerprint density at radius 3 is 2.64 bits per heavy atom. The summed E-state index contributed by atoms with van der Waals surface area (Å²) in [6.07, 6.45) is -1.83. The molecular weight excluding hydrogens is 294 g/mol. The Hall–Kier alpha value is -2.41. The number of nitrogens with zero attached hydrogens (tertiary/aromatic N) is 2. The third-order valence-electron chi connectivity index (χ3n) is 2.89. The Morgan fingerprint density at radius 2 is 2.00 bits per heavy atom. The lowest BCUT2D eigenvalue weighted by Gasteiger charge is -2.07. The molecule has 1 N–H and O–H groups in total. The Labute approximate surface area is 125 Å². The van der Waals surface area contributed by atoms with Gasteiger partial charge in [0.05, 0.1) is 13.2 Å². The van der Waals surface area contributed by atoms with Gasteiger partial charge in [-0.3, -0.25) is 0 Å². The molecule has 0 saturated carbocycles. The van der Waals surface area contributed by atoms with Crippen LogP contribution in [0.5, 0.6) is 0 Å². The summed E-state index contributed by atoms with van der Waals surface area (Å²) in [5, 5.41) is 8.81. The first-order valence-electron chi connectivity index (χ1n) is 6.57. The zero-order valence-corrected chi connectivity index (χ0v) is 11.6. The quantitative estimate of drug-likeness (QED) is 0.796. The van der Waals surface area contributed by atoms with Crippen LogP contribution < -0.4 is 0 Å². The maximum absolute atomic E-state index is 12.8. The zero-order chi connectivity index (χ0) is 15.9. The normalized spacial score (nSPS) is 10.9. The van der Waals surface area contributed by atoms with Gasteiger partial charge in [-0.15, -0.1) is 0 Å². The van der Waals surface area contributed by atoms with Gasteiger partial charge in [-0.25, -0.2) is 23.5 Å². The number of alkyl halides is 2. The lowest BCUT2D eigenvalue weighted by atomic mass is 10.2. The highest BCUT2D eigenvalue weighted by Gasteiger charge is 2.20. The van der Waals surface area contributed by atoms with Crippen molar-refractivity contribution in [3.05, 3.63) is 59.2 Å². The second-order valence-corrected chi connectivity index (χ2v) is 4.48. The van der Waals surface area contributed by atoms with Crippen molar-refractivity contribution in [1.29, 1.82) is 0 Å². The van der Waals surface area contributed by atoms with Crippen molar-refractivity contribution in [2.45, 2.75) is 19.5 Å². The minimum Gasteiger partial charge on any atom is -0.478 e. The smallest absolute Gasteiger partial charge is 0.339 e. The maximum Gasteiger partial charge on any atom is 0.339 e. The monoisotopic (exact) mass is 308 g/mol. The molecule has 0 unspecified atom stereocenters. The van der Waals surface area contributed by atoms with Gasteiger partial charge in [-0.1, -0.05) is 30.3 Å². The van der Waals surface area contributed by atoms with Crippen LogP contribution in [0, 0.1) is 0 Å². The van der Waals surface area contributed by atoms with E-state index in [2.05, 4.69) is 9.97 Å². The molecule has 116 valence electrons. The van der Waals surface area contributed by atoms with Gasteiger partial charge >= 0.3 is 5.97 Å². The van der Waals surface area contributed by atoms with E-state index in [1.165, 1.54) is 0 Å². The number of halogens is 2. The summed E-state index contributed by atoms with van der Waals surface area (Å²) in [6.45, 7) is 0.653. The lowest BCUT2D eigenvalue weighted by molar-refractivity contribution is 0.0681. The minimum absolute atomic E-state index is 0.133. The third kappa shape index (κ3) is 4.29. The van der Waals surface area contributed by atoms with Gasteiger partial charge < -0.3 is 9.84 Å². The summed E-state index contributed by atoms with van der Waals surface area (Å²) in [6, 6.07) is 9.50. The van der Waals surface area contributed by atoms with Crippen LogP contribution in [-0.2, 0) is 17.8 Å². The number of benzene rings is 1. The molecule has 0 bridgehead atoms. The number of hydrogen-bond donors (Lipinski definition) is 1. The molecule has 0 aliphatic heterocycles. The first-order valence-corrected chi connectivity index (χ1v) is 6.57. The van der Waals surface area contributed by atoms with Crippen LogP contribution in [0.15, 0.2) is 36.5 Å². The summed E-state index contributed by atoms with van der Waals surface area (Å²) < 4.78 is 31.0. The molecule has 1 aromatic carbocycles. The zero-order valence-electron chi connectivity index (χ0n) is 11.6. The molecule has 5 nitrogen and oxygen atoms in total. The molecule has 7 heteroatoms. The van der Waals surface area contributed by atoms with Crippen molar-refractivity contribution in [2.75, 3.05) is 6.61 Å². The predicted molar refractivity (Wildman–Crippen MR) is 73.8 cm³/mol. The highest BCUT2D eigenvalue weighted by Crippen LogP contribution is 2.20. The Balaban J connectivity index is 1.93. The van der Waals surface area contributed by atoms with Crippen LogP contribution in [0.4, 0.5) is 8.78 Å². The highest BCUT2D eigenvalue weighted by atomic mass is 19.3. The first-order chi connectivity index (χ1) is 10.6. The van der Waals surface area contributed by atoms with Crippen molar-refractivity contribution in [2.24, 2.45) is 0 Å². The first kappa shape index (κ1) is 16.0. The summed E-state index contributed by atoms with van der Waals surface area (Å²) >= 11 is 0. The molecule has 1 heterocycles. The average molecular weight is 308 g/mol. The molecule has 0 aliphatic carbocycles. The van der Waals surface area contributed by atoms with Crippen LogP contribution in [0.2, 0.25) is 0 Å². The molecule has 0 aliphatic rings. The van der Waals surface area contributed by atoms with E-state index < -0.39 is 23.7 Å². The van der Waals surface area contributed by atoms with Crippen molar-refractivity contribution in [3.63, 3.8) is 0 Å². The van der Waals surface area contributed by atoms with Crippen molar-refractivity contribution < 1.29 is 23.4 Å². The molecule has 0 saturated heterocycles. The summed E-state index contributed by atoms with van der Waals surface area (Å²) in [7, 11) is 0. The summed E-state index contributed by atoms with van der Waals surface area (Å²) in [4.78, 5) is 18.2. The van der Waals surface area contributed by atoms with Gasteiger partial charge in [0.25, 0.3) is 6.43 Å². The molecule has 0 radical (unpaired) electrons. The number of rotatable bonds is 7. The maximum atomic E-state index is 12.8. The Kier molecular flexibility index (Phi) is 5.48. The average Bonchev–Trinajstić information content (AvgIpc) is 2.52. The lowest BCUT2D eigenvalue weighted by Crippen LogP contribution is -2.11. The van der Waals surface area contributed by atoms with Gasteiger partial charge in [0.1, 0.15) is 17.1 Å². The highest BCUT2D eigenvalue weighted by molar-refractivity contribution is 5.88. The molecule has 0 amide bonds. The van der Waals surface area contributed by atoms with E-state index in [0.717, 1.165) is 11.8 Å². The van der Waals surface area contributed by atoms with Crippen molar-refractivity contribution in [1.82, 2.24) is 9.97 Å². The summed E-state index contributed by atoms with van der Waals surface area (Å²) in [5.41, 5.74) is -0.345. The summed E-state index contributed by atoms with van der Waals surface area (Å²) in [5.74, 6) is -1.34. The number of carboxylic acids is 1. The molecule has 0 fully saturated rings. The molecule has 22 heavy (non-hydrogen) atoms. The number of carboxylic acid groups (broad SMARTS) is 1. The van der Waals surface area contributed by atoms with Crippen LogP contribution in [0.25, 0.3) is 0 Å². The second kappa shape index (κ2) is 7.56. The number of hydrogen-bond acceptors (Lipinski definition) is 4. The second-order valence-electron chi connectivity index (χ2n) is 4.48. The fraction of sp³-hybridized carbons (Fsp3) is 0.267. The number of carbonyl (C=O) groups is 1. The standard InChI is InChI=1S/C15H14F2N2O3/c16-14(17)13-11(15(20)21)8-18-12(19-13)6-7-22-9-10-4-2-1-3-5-10/h1-5,8,14H,6-7,9H2,(H,20,21). The van der Waals surface area contributed by atoms with E-state index in [0.29, 0.717) is 6.61 Å². The third-order valence-corrected chi connectivity index (χ3v) is 2.89. The minimum atomic E-state index is -2.96. The van der Waals surface area contributed by atoms with E-state index in [9.17, 15) is 13.6 Å². The number of ether oxygens (including phenoxy) is 1. The van der Waals surface area contributed by atoms with E-state index in [1.54, 1.807) is 0 Å². The van der Waals surface area contributed by atoms with Crippen LogP contribution in [-0.4, -0.2) is 27.7 Å². The van der Waals surface area contributed by atoms with Crippen LogP contribution in [0.1, 0.15) is 33.9 Å². The van der Waals surface area contributed by atoms with Gasteiger partial charge in [0.2, 0.25) is 0 Å². The molecular formula is C15H14F2N2O3. The van der Waals surface area contributed by atoms with Crippen LogP contribution >= 0.6 is 0 Å². The van der Waals surface area contributed by atoms with E-state index in [-0.39, 0.29) is 18.9 Å². The molecule has 2 rings (SSSR count). The fourth-order valence-corrected chi connectivity index (χ4v) is 1.81. The Morgan fingerprint density at radius 1 is 1.27 bits per heavy atom. The van der Waals surface area contributed by atoms with Gasteiger partial charge in [0.15, 0.2) is 0 Å². The molecule has 0 spiro atoms. The molecule has 0 atom stereocenters. The SMILES string of the molecule is O=C(O)c1cnc(CCOCc2ccccc2)nc1C(F)F. The van der Waals surface area contributed by atoms with E-state index >= 15 is 0 Å². The molecule has 1 aromatic heterocycles. The van der Waals surface area contributed by atoms with Gasteiger partial charge in [0, 0.05) is 12.6 Å². The topological polar surface area (TPSA) is 72.3 Å². The van der Waals surface area contributed by atoms with Gasteiger partial charge in [-0.2, -0.15) is 0 Å². The number of aromatic carboxylic acids is 1. The number of aromatic nitrogens is 2. The largest absolute Gasteiger partial charge is 0.478 e. The fourth-order valence-electron chi connectivity index (χ4n) is 1.81.